The maximum absolute atomic E-state index is 10.6. The SMILES string of the molecule is Nc1ncc(Cn2cc(Br)c([N+](=O)[O-])n2)s1. The van der Waals surface area contributed by atoms with Crippen LogP contribution in [0.3, 0.4) is 0 Å². The van der Waals surface area contributed by atoms with Gasteiger partial charge in [-0.2, -0.15) is 4.68 Å². The molecule has 2 N–H and O–H groups in total. The lowest BCUT2D eigenvalue weighted by atomic mass is 10.5. The zero-order valence-electron chi connectivity index (χ0n) is 7.83. The quantitative estimate of drug-likeness (QED) is 0.686. The van der Waals surface area contributed by atoms with Crippen molar-refractivity contribution in [1.82, 2.24) is 14.8 Å². The van der Waals surface area contributed by atoms with E-state index in [1.54, 1.807) is 12.4 Å². The van der Waals surface area contributed by atoms with Gasteiger partial charge in [-0.1, -0.05) is 0 Å². The molecular weight excluding hydrogens is 298 g/mol. The molecule has 0 saturated carbocycles. The van der Waals surface area contributed by atoms with Crippen LogP contribution in [-0.2, 0) is 6.54 Å². The molecule has 84 valence electrons. The van der Waals surface area contributed by atoms with Gasteiger partial charge >= 0.3 is 5.82 Å². The summed E-state index contributed by atoms with van der Waals surface area (Å²) in [7, 11) is 0. The van der Waals surface area contributed by atoms with E-state index in [0.717, 1.165) is 4.88 Å². The average Bonchev–Trinajstić information content (AvgIpc) is 2.73. The van der Waals surface area contributed by atoms with Crippen molar-refractivity contribution in [2.45, 2.75) is 6.54 Å². The second kappa shape index (κ2) is 4.18. The predicted octanol–water partition coefficient (Wildman–Crippen LogP) is 1.64. The van der Waals surface area contributed by atoms with Gasteiger partial charge in [-0.3, -0.25) is 0 Å². The number of nitrogen functional groups attached to an aromatic ring is 1. The molecule has 7 nitrogen and oxygen atoms in total. The molecule has 0 aromatic carbocycles. The minimum atomic E-state index is -0.540. The number of nitrogens with zero attached hydrogens (tertiary/aromatic N) is 4. The van der Waals surface area contributed by atoms with Gasteiger partial charge in [-0.25, -0.2) is 4.98 Å². The third-order valence-corrected chi connectivity index (χ3v) is 3.13. The van der Waals surface area contributed by atoms with Crippen LogP contribution in [0.4, 0.5) is 10.9 Å². The zero-order chi connectivity index (χ0) is 11.7. The summed E-state index contributed by atoms with van der Waals surface area (Å²) < 4.78 is 1.82. The molecule has 0 unspecified atom stereocenters. The van der Waals surface area contributed by atoms with E-state index in [9.17, 15) is 10.1 Å². The Morgan fingerprint density at radius 2 is 2.44 bits per heavy atom. The Morgan fingerprint density at radius 1 is 1.69 bits per heavy atom. The lowest BCUT2D eigenvalue weighted by Crippen LogP contribution is -1.99. The first-order valence-electron chi connectivity index (χ1n) is 4.14. The van der Waals surface area contributed by atoms with E-state index in [1.165, 1.54) is 16.0 Å². The first kappa shape index (κ1) is 11.0. The Bertz CT molecular complexity index is 537. The largest absolute Gasteiger partial charge is 0.404 e. The van der Waals surface area contributed by atoms with Gasteiger partial charge in [0, 0.05) is 6.20 Å². The normalized spacial score (nSPS) is 10.6. The van der Waals surface area contributed by atoms with Gasteiger partial charge in [-0.15, -0.1) is 11.3 Å². The van der Waals surface area contributed by atoms with E-state index in [2.05, 4.69) is 26.0 Å². The van der Waals surface area contributed by atoms with Gasteiger partial charge in [0.05, 0.1) is 22.7 Å². The maximum atomic E-state index is 10.6. The topological polar surface area (TPSA) is 99.9 Å². The molecule has 9 heteroatoms. The fraction of sp³-hybridized carbons (Fsp3) is 0.143. The van der Waals surface area contributed by atoms with E-state index >= 15 is 0 Å². The molecule has 0 atom stereocenters. The van der Waals surface area contributed by atoms with Gasteiger partial charge < -0.3 is 15.8 Å². The summed E-state index contributed by atoms with van der Waals surface area (Å²) in [5.74, 6) is -0.197. The number of halogens is 1. The van der Waals surface area contributed by atoms with Gasteiger partial charge in [0.2, 0.25) is 0 Å². The molecule has 0 radical (unpaired) electrons. The van der Waals surface area contributed by atoms with Crippen LogP contribution in [0.5, 0.6) is 0 Å². The first-order chi connectivity index (χ1) is 7.56. The van der Waals surface area contributed by atoms with E-state index < -0.39 is 4.92 Å². The van der Waals surface area contributed by atoms with Crippen LogP contribution in [0.2, 0.25) is 0 Å². The van der Waals surface area contributed by atoms with E-state index in [4.69, 9.17) is 5.73 Å². The standard InChI is InChI=1S/C7H6BrN5O2S/c8-5-3-12(11-6(5)13(14)15)2-4-1-10-7(9)16-4/h1,3H,2H2,(H2,9,10). The number of thiazole rings is 1. The smallest absolute Gasteiger partial charge is 0.375 e. The van der Waals surface area contributed by atoms with Crippen LogP contribution >= 0.6 is 27.3 Å². The summed E-state index contributed by atoms with van der Waals surface area (Å²) in [5.41, 5.74) is 5.48. The molecule has 0 bridgehead atoms. The number of nitro groups is 1. The second-order valence-corrected chi connectivity index (χ2v) is 4.92. The van der Waals surface area contributed by atoms with Crippen LogP contribution in [-0.4, -0.2) is 19.7 Å². The van der Waals surface area contributed by atoms with Crippen LogP contribution in [0.1, 0.15) is 4.88 Å². The minimum absolute atomic E-state index is 0.197. The maximum Gasteiger partial charge on any atom is 0.404 e. The highest BCUT2D eigenvalue weighted by molar-refractivity contribution is 9.10. The Labute approximate surface area is 102 Å². The summed E-state index contributed by atoms with van der Waals surface area (Å²) in [4.78, 5) is 14.8. The molecule has 0 saturated heterocycles. The fourth-order valence-corrected chi connectivity index (χ4v) is 2.28. The molecule has 0 aliphatic heterocycles. The monoisotopic (exact) mass is 303 g/mol. The molecular formula is C7H6BrN5O2S. The van der Waals surface area contributed by atoms with Crippen molar-refractivity contribution in [2.75, 3.05) is 5.73 Å². The predicted molar refractivity (Wildman–Crippen MR) is 62.2 cm³/mol. The molecule has 2 rings (SSSR count). The van der Waals surface area contributed by atoms with Crippen molar-refractivity contribution in [1.29, 1.82) is 0 Å². The van der Waals surface area contributed by atoms with Crippen LogP contribution in [0, 0.1) is 10.1 Å². The van der Waals surface area contributed by atoms with Gasteiger partial charge in [-0.05, 0) is 20.9 Å². The third-order valence-electron chi connectivity index (χ3n) is 1.76. The second-order valence-electron chi connectivity index (χ2n) is 2.92. The molecule has 0 amide bonds. The highest BCUT2D eigenvalue weighted by Gasteiger charge is 2.18. The highest BCUT2D eigenvalue weighted by atomic mass is 79.9. The van der Waals surface area contributed by atoms with Gasteiger partial charge in [0.1, 0.15) is 4.47 Å². The van der Waals surface area contributed by atoms with Gasteiger partial charge in [0.15, 0.2) is 5.13 Å². The van der Waals surface area contributed by atoms with Crippen molar-refractivity contribution in [3.05, 3.63) is 31.9 Å². The molecule has 0 aliphatic rings. The lowest BCUT2D eigenvalue weighted by molar-refractivity contribution is -0.390. The molecule has 0 fully saturated rings. The summed E-state index contributed by atoms with van der Waals surface area (Å²) in [6.45, 7) is 0.418. The number of nitrogens with two attached hydrogens (primary N) is 1. The average molecular weight is 304 g/mol. The van der Waals surface area contributed by atoms with Gasteiger partial charge in [0.25, 0.3) is 0 Å². The van der Waals surface area contributed by atoms with Crippen LogP contribution in [0.25, 0.3) is 0 Å². The van der Waals surface area contributed by atoms with Crippen LogP contribution in [0.15, 0.2) is 16.9 Å². The Balaban J connectivity index is 2.22. The van der Waals surface area contributed by atoms with Crippen molar-refractivity contribution in [3.8, 4) is 0 Å². The summed E-state index contributed by atoms with van der Waals surface area (Å²) in [6.07, 6.45) is 3.18. The molecule has 0 aliphatic carbocycles. The number of hydrogen-bond acceptors (Lipinski definition) is 6. The summed E-state index contributed by atoms with van der Waals surface area (Å²) >= 11 is 4.40. The highest BCUT2D eigenvalue weighted by Crippen LogP contribution is 2.23. The van der Waals surface area contributed by atoms with Crippen molar-refractivity contribution in [2.24, 2.45) is 0 Å². The van der Waals surface area contributed by atoms with E-state index in [1.807, 2.05) is 0 Å². The summed E-state index contributed by atoms with van der Waals surface area (Å²) in [6, 6.07) is 0. The zero-order valence-corrected chi connectivity index (χ0v) is 10.2. The number of rotatable bonds is 3. The molecule has 0 spiro atoms. The van der Waals surface area contributed by atoms with E-state index in [-0.39, 0.29) is 5.82 Å². The Hall–Kier alpha value is -1.48. The Kier molecular flexibility index (Phi) is 2.88. The van der Waals surface area contributed by atoms with Crippen molar-refractivity contribution < 1.29 is 4.92 Å². The molecule has 2 aromatic heterocycles. The van der Waals surface area contributed by atoms with Crippen LogP contribution < -0.4 is 5.73 Å². The van der Waals surface area contributed by atoms with Crippen molar-refractivity contribution in [3.63, 3.8) is 0 Å². The first-order valence-corrected chi connectivity index (χ1v) is 5.74. The fourth-order valence-electron chi connectivity index (χ4n) is 1.15. The molecule has 16 heavy (non-hydrogen) atoms. The third kappa shape index (κ3) is 2.19. The number of hydrogen-bond donors (Lipinski definition) is 1. The Morgan fingerprint density at radius 3 is 2.94 bits per heavy atom. The lowest BCUT2D eigenvalue weighted by Gasteiger charge is -1.90. The molecule has 2 heterocycles. The minimum Gasteiger partial charge on any atom is -0.375 e. The number of aromatic nitrogens is 3. The van der Waals surface area contributed by atoms with Crippen molar-refractivity contribution >= 4 is 38.2 Å². The summed E-state index contributed by atoms with van der Waals surface area (Å²) in [5, 5.41) is 14.9. The number of anilines is 1. The van der Waals surface area contributed by atoms with E-state index in [0.29, 0.717) is 16.1 Å². The molecule has 2 aromatic rings.